The predicted molar refractivity (Wildman–Crippen MR) is 129 cm³/mol. The third kappa shape index (κ3) is 3.24. The molecule has 0 fully saturated rings. The summed E-state index contributed by atoms with van der Waals surface area (Å²) in [7, 11) is 0. The van der Waals surface area contributed by atoms with Crippen LogP contribution in [0.25, 0.3) is 44.8 Å². The molecular weight excluding hydrogens is 410 g/mol. The maximum Gasteiger partial charge on any atom is 0.229 e. The monoisotopic (exact) mass is 431 g/mol. The van der Waals surface area contributed by atoms with Gasteiger partial charge in [0.2, 0.25) is 11.8 Å². The Hall–Kier alpha value is -4.43. The molecule has 5 nitrogen and oxygen atoms in total. The van der Waals surface area contributed by atoms with Crippen LogP contribution in [0.15, 0.2) is 72.8 Å². The third-order valence-corrected chi connectivity index (χ3v) is 5.82. The summed E-state index contributed by atoms with van der Waals surface area (Å²) in [6.45, 7) is 4.96. The molecule has 0 radical (unpaired) electrons. The van der Waals surface area contributed by atoms with Crippen LogP contribution in [-0.2, 0) is 0 Å². The first kappa shape index (κ1) is 20.5. The molecule has 0 amide bonds. The zero-order valence-electron chi connectivity index (χ0n) is 18.6. The molecule has 0 spiro atoms. The normalized spacial score (nSPS) is 10.9. The summed E-state index contributed by atoms with van der Waals surface area (Å²) in [5.41, 5.74) is 5.40. The van der Waals surface area contributed by atoms with E-state index in [2.05, 4.69) is 12.1 Å². The number of fused-ring (bicyclic) bond motifs is 1. The molecule has 0 aliphatic rings. The van der Waals surface area contributed by atoms with Crippen LogP contribution in [0.2, 0.25) is 0 Å². The highest BCUT2D eigenvalue weighted by atomic mass is 16.2. The van der Waals surface area contributed by atoms with Gasteiger partial charge in [-0.3, -0.25) is 18.7 Å². The average molecular weight is 431 g/mol. The van der Waals surface area contributed by atoms with Crippen molar-refractivity contribution in [1.82, 2.24) is 14.1 Å². The Balaban J connectivity index is 1.94. The molecule has 2 aromatic heterocycles. The summed E-state index contributed by atoms with van der Waals surface area (Å²) >= 11 is 0. The molecule has 160 valence electrons. The second-order valence-electron chi connectivity index (χ2n) is 7.91. The molecule has 0 atom stereocenters. The maximum atomic E-state index is 13.1. The van der Waals surface area contributed by atoms with Crippen LogP contribution < -0.4 is 0 Å². The Morgan fingerprint density at radius 2 is 1.52 bits per heavy atom. The lowest BCUT2D eigenvalue weighted by atomic mass is 10.1. The molecule has 0 unspecified atom stereocenters. The third-order valence-electron chi connectivity index (χ3n) is 5.82. The Morgan fingerprint density at radius 3 is 2.18 bits per heavy atom. The molecule has 0 saturated carbocycles. The van der Waals surface area contributed by atoms with Crippen LogP contribution in [-0.4, -0.2) is 25.9 Å². The van der Waals surface area contributed by atoms with Crippen LogP contribution >= 0.6 is 0 Å². The fraction of sp³-hybridized carbons (Fsp3) is 0.107. The van der Waals surface area contributed by atoms with Gasteiger partial charge < -0.3 is 0 Å². The Kier molecular flexibility index (Phi) is 4.91. The van der Waals surface area contributed by atoms with Gasteiger partial charge in [-0.1, -0.05) is 60.7 Å². The fourth-order valence-corrected chi connectivity index (χ4v) is 4.51. The van der Waals surface area contributed by atoms with Gasteiger partial charge in [-0.2, -0.15) is 0 Å². The smallest absolute Gasteiger partial charge is 0.229 e. The zero-order valence-corrected chi connectivity index (χ0v) is 18.6. The van der Waals surface area contributed by atoms with Gasteiger partial charge in [0.15, 0.2) is 0 Å². The van der Waals surface area contributed by atoms with E-state index in [0.717, 1.165) is 33.3 Å². The van der Waals surface area contributed by atoms with Gasteiger partial charge in [0.25, 0.3) is 0 Å². The zero-order chi connectivity index (χ0) is 23.1. The van der Waals surface area contributed by atoms with E-state index < -0.39 is 0 Å². The number of imidazole rings is 1. The number of rotatable bonds is 3. The molecule has 5 heteroatoms. The first-order valence-electron chi connectivity index (χ1n) is 10.7. The van der Waals surface area contributed by atoms with Crippen molar-refractivity contribution >= 4 is 22.7 Å². The highest BCUT2D eigenvalue weighted by molar-refractivity contribution is 6.05. The number of aromatic nitrogens is 3. The first-order chi connectivity index (χ1) is 16.0. The van der Waals surface area contributed by atoms with Crippen molar-refractivity contribution in [2.75, 3.05) is 0 Å². The van der Waals surface area contributed by atoms with E-state index in [1.54, 1.807) is 15.2 Å². The fourth-order valence-electron chi connectivity index (χ4n) is 4.51. The topological polar surface area (TPSA) is 56.9 Å². The van der Waals surface area contributed by atoms with Gasteiger partial charge >= 0.3 is 0 Å². The molecule has 0 N–H and O–H groups in total. The van der Waals surface area contributed by atoms with E-state index >= 15 is 0 Å². The minimum atomic E-state index is -0.159. The first-order valence-corrected chi connectivity index (χ1v) is 10.7. The van der Waals surface area contributed by atoms with Crippen LogP contribution in [0.3, 0.4) is 0 Å². The predicted octanol–water partition coefficient (Wildman–Crippen LogP) is 6.07. The van der Waals surface area contributed by atoms with Crippen molar-refractivity contribution in [2.45, 2.75) is 20.8 Å². The number of carbonyl (C=O) groups is 2. The van der Waals surface area contributed by atoms with Crippen LogP contribution in [0, 0.1) is 19.1 Å². The number of para-hydroxylation sites is 1. The summed E-state index contributed by atoms with van der Waals surface area (Å²) in [5, 5.41) is 0.872. The molecule has 5 rings (SSSR count). The van der Waals surface area contributed by atoms with E-state index in [0.29, 0.717) is 17.2 Å². The Morgan fingerprint density at radius 1 is 0.818 bits per heavy atom. The molecule has 0 aliphatic carbocycles. The Labute approximate surface area is 191 Å². The van der Waals surface area contributed by atoms with Crippen molar-refractivity contribution in [1.29, 1.82) is 0 Å². The number of hydrogen-bond donors (Lipinski definition) is 0. The minimum absolute atomic E-state index is 0.0902. The second kappa shape index (κ2) is 7.92. The summed E-state index contributed by atoms with van der Waals surface area (Å²) in [5.74, 6) is 0.263. The van der Waals surface area contributed by atoms with Gasteiger partial charge in [0.1, 0.15) is 5.82 Å². The van der Waals surface area contributed by atoms with Crippen molar-refractivity contribution < 1.29 is 9.59 Å². The highest BCUT2D eigenvalue weighted by Crippen LogP contribution is 2.40. The van der Waals surface area contributed by atoms with Crippen molar-refractivity contribution in [3.63, 3.8) is 0 Å². The van der Waals surface area contributed by atoms with Gasteiger partial charge in [0, 0.05) is 41.6 Å². The molecule has 5 aromatic rings. The van der Waals surface area contributed by atoms with Gasteiger partial charge in [-0.15, -0.1) is 0 Å². The van der Waals surface area contributed by atoms with Crippen LogP contribution in [0.5, 0.6) is 0 Å². The van der Waals surface area contributed by atoms with E-state index in [4.69, 9.17) is 4.98 Å². The number of nitrogens with zero attached hydrogens (tertiary/aromatic N) is 3. The minimum Gasteiger partial charge on any atom is -0.284 e. The quantitative estimate of drug-likeness (QED) is 0.348. The van der Waals surface area contributed by atoms with Crippen molar-refractivity contribution in [3.05, 3.63) is 90.6 Å². The number of benzene rings is 2. The lowest BCUT2D eigenvalue weighted by Gasteiger charge is -2.10. The van der Waals surface area contributed by atoms with E-state index in [1.807, 2.05) is 73.7 Å². The summed E-state index contributed by atoms with van der Waals surface area (Å²) in [6, 6.07) is 28.9. The number of carbonyl (C=O) groups excluding carboxylic acids is 2. The van der Waals surface area contributed by atoms with Crippen LogP contribution in [0.4, 0.5) is 0 Å². The standard InChI is InChI=1S/C28H21N3O2/c1-18-25(23-16-10-11-17-24(23)30(18)19(2)32)28-29-26(21-12-6-4-7-13-21)27(31(28)20(3)33)22-14-8-5-9-15-22/h5-6,8-17H,1-3H3. The summed E-state index contributed by atoms with van der Waals surface area (Å²) < 4.78 is 3.33. The average Bonchev–Trinajstić information content (AvgIpc) is 3.35. The molecular formula is C28H21N3O2. The molecule has 33 heavy (non-hydrogen) atoms. The summed E-state index contributed by atoms with van der Waals surface area (Å²) in [6.07, 6.45) is 0. The van der Waals surface area contributed by atoms with Gasteiger partial charge in [-0.25, -0.2) is 4.98 Å². The molecule has 0 saturated heterocycles. The molecule has 0 bridgehead atoms. The second-order valence-corrected chi connectivity index (χ2v) is 7.91. The Bertz CT molecular complexity index is 1510. The summed E-state index contributed by atoms with van der Waals surface area (Å²) in [4.78, 5) is 30.6. The van der Waals surface area contributed by atoms with Gasteiger partial charge in [0.05, 0.1) is 16.9 Å². The lowest BCUT2D eigenvalue weighted by Crippen LogP contribution is -2.11. The number of hydrogen-bond acceptors (Lipinski definition) is 3. The van der Waals surface area contributed by atoms with Gasteiger partial charge in [-0.05, 0) is 31.2 Å². The maximum absolute atomic E-state index is 13.1. The molecule has 0 aliphatic heterocycles. The molecule has 3 aromatic carbocycles. The van der Waals surface area contributed by atoms with Crippen molar-refractivity contribution in [3.8, 4) is 33.9 Å². The largest absolute Gasteiger partial charge is 0.284 e. The van der Waals surface area contributed by atoms with E-state index in [-0.39, 0.29) is 11.8 Å². The van der Waals surface area contributed by atoms with E-state index in [1.165, 1.54) is 13.8 Å². The SMILES string of the molecule is CC(=O)n1c(-c2c(C)n(C(C)=O)c3ccccc23)nc(-c2cc#ccc2)c1-c1ccccc1. The lowest BCUT2D eigenvalue weighted by molar-refractivity contribution is 0.0932. The molecule has 2 heterocycles. The van der Waals surface area contributed by atoms with Crippen LogP contribution in [0.1, 0.15) is 29.1 Å². The highest BCUT2D eigenvalue weighted by Gasteiger charge is 2.27. The van der Waals surface area contributed by atoms with E-state index in [9.17, 15) is 9.59 Å². The van der Waals surface area contributed by atoms with Crippen molar-refractivity contribution in [2.24, 2.45) is 0 Å².